The number of piperidine rings is 1. The summed E-state index contributed by atoms with van der Waals surface area (Å²) in [6, 6.07) is 1.71. The lowest BCUT2D eigenvalue weighted by Crippen LogP contribution is -2.41. The van der Waals surface area contributed by atoms with Gasteiger partial charge in [0.25, 0.3) is 0 Å². The van der Waals surface area contributed by atoms with Gasteiger partial charge in [-0.15, -0.1) is 0 Å². The van der Waals surface area contributed by atoms with E-state index in [1.54, 1.807) is 0 Å². The molecule has 0 aromatic rings. The van der Waals surface area contributed by atoms with E-state index >= 15 is 0 Å². The highest BCUT2D eigenvalue weighted by atomic mass is 15.2. The van der Waals surface area contributed by atoms with Gasteiger partial charge < -0.3 is 10.2 Å². The highest BCUT2D eigenvalue weighted by molar-refractivity contribution is 4.81. The SMILES string of the molecule is CC1CCC(C)N(CCCCNC2CC2)C1. The molecule has 16 heavy (non-hydrogen) atoms. The molecule has 2 aliphatic rings. The fourth-order valence-electron chi connectivity index (χ4n) is 2.73. The summed E-state index contributed by atoms with van der Waals surface area (Å²) in [6.45, 7) is 8.68. The Morgan fingerprint density at radius 2 is 1.88 bits per heavy atom. The highest BCUT2D eigenvalue weighted by Crippen LogP contribution is 2.21. The van der Waals surface area contributed by atoms with Gasteiger partial charge in [0.2, 0.25) is 0 Å². The van der Waals surface area contributed by atoms with Gasteiger partial charge in [-0.1, -0.05) is 6.92 Å². The molecule has 1 aliphatic carbocycles. The zero-order chi connectivity index (χ0) is 11.4. The lowest BCUT2D eigenvalue weighted by molar-refractivity contribution is 0.123. The second-order valence-electron chi connectivity index (χ2n) is 5.96. The van der Waals surface area contributed by atoms with Gasteiger partial charge in [0, 0.05) is 18.6 Å². The minimum Gasteiger partial charge on any atom is -0.314 e. The van der Waals surface area contributed by atoms with Crippen LogP contribution in [0.4, 0.5) is 0 Å². The minimum absolute atomic E-state index is 0.826. The summed E-state index contributed by atoms with van der Waals surface area (Å²) >= 11 is 0. The van der Waals surface area contributed by atoms with E-state index in [0.717, 1.165) is 18.0 Å². The summed E-state index contributed by atoms with van der Waals surface area (Å²) in [4.78, 5) is 2.70. The molecule has 1 heterocycles. The van der Waals surface area contributed by atoms with E-state index in [1.807, 2.05) is 0 Å². The van der Waals surface area contributed by atoms with Crippen molar-refractivity contribution in [3.63, 3.8) is 0 Å². The molecule has 1 saturated carbocycles. The molecule has 2 unspecified atom stereocenters. The summed E-state index contributed by atoms with van der Waals surface area (Å²) in [5.41, 5.74) is 0. The number of hydrogen-bond donors (Lipinski definition) is 1. The summed E-state index contributed by atoms with van der Waals surface area (Å²) in [7, 11) is 0. The maximum Gasteiger partial charge on any atom is 0.00682 e. The van der Waals surface area contributed by atoms with E-state index in [-0.39, 0.29) is 0 Å². The Kier molecular flexibility index (Phi) is 4.66. The molecule has 94 valence electrons. The first kappa shape index (κ1) is 12.4. The van der Waals surface area contributed by atoms with Crippen molar-refractivity contribution in [2.75, 3.05) is 19.6 Å². The smallest absolute Gasteiger partial charge is 0.00682 e. The molecule has 2 heteroatoms. The van der Waals surface area contributed by atoms with Crippen molar-refractivity contribution in [1.29, 1.82) is 0 Å². The largest absolute Gasteiger partial charge is 0.314 e. The van der Waals surface area contributed by atoms with Crippen molar-refractivity contribution in [2.24, 2.45) is 5.92 Å². The van der Waals surface area contributed by atoms with Crippen molar-refractivity contribution < 1.29 is 0 Å². The van der Waals surface area contributed by atoms with Crippen LogP contribution in [-0.4, -0.2) is 36.6 Å². The molecule has 0 radical (unpaired) electrons. The fourth-order valence-corrected chi connectivity index (χ4v) is 2.73. The number of hydrogen-bond acceptors (Lipinski definition) is 2. The second kappa shape index (κ2) is 6.02. The second-order valence-corrected chi connectivity index (χ2v) is 5.96. The van der Waals surface area contributed by atoms with Gasteiger partial charge in [-0.05, 0) is 64.5 Å². The Morgan fingerprint density at radius 1 is 1.06 bits per heavy atom. The Bertz CT molecular complexity index is 201. The molecule has 2 fully saturated rings. The van der Waals surface area contributed by atoms with E-state index < -0.39 is 0 Å². The monoisotopic (exact) mass is 224 g/mol. The standard InChI is InChI=1S/C14H28N2/c1-12-5-6-13(2)16(11-12)10-4-3-9-15-14-7-8-14/h12-15H,3-11H2,1-2H3. The van der Waals surface area contributed by atoms with Crippen molar-refractivity contribution in [2.45, 2.75) is 64.5 Å². The van der Waals surface area contributed by atoms with E-state index in [9.17, 15) is 0 Å². The lowest BCUT2D eigenvalue weighted by atomic mass is 9.95. The molecular formula is C14H28N2. The van der Waals surface area contributed by atoms with Crippen LogP contribution in [-0.2, 0) is 0 Å². The maximum absolute atomic E-state index is 3.60. The van der Waals surface area contributed by atoms with Crippen LogP contribution >= 0.6 is 0 Å². The predicted molar refractivity (Wildman–Crippen MR) is 69.7 cm³/mol. The Labute approximate surface area is 101 Å². The number of likely N-dealkylation sites (tertiary alicyclic amines) is 1. The van der Waals surface area contributed by atoms with Crippen LogP contribution in [0.25, 0.3) is 0 Å². The van der Waals surface area contributed by atoms with Gasteiger partial charge in [-0.25, -0.2) is 0 Å². The van der Waals surface area contributed by atoms with Gasteiger partial charge in [0.05, 0.1) is 0 Å². The third-order valence-electron chi connectivity index (χ3n) is 4.13. The van der Waals surface area contributed by atoms with Crippen LogP contribution in [0.15, 0.2) is 0 Å². The highest BCUT2D eigenvalue weighted by Gasteiger charge is 2.22. The van der Waals surface area contributed by atoms with Crippen LogP contribution in [0.5, 0.6) is 0 Å². The lowest BCUT2D eigenvalue weighted by Gasteiger charge is -2.36. The first-order valence-electron chi connectivity index (χ1n) is 7.23. The Hall–Kier alpha value is -0.0800. The van der Waals surface area contributed by atoms with Crippen LogP contribution in [0.2, 0.25) is 0 Å². The van der Waals surface area contributed by atoms with Gasteiger partial charge >= 0.3 is 0 Å². The Morgan fingerprint density at radius 3 is 2.62 bits per heavy atom. The van der Waals surface area contributed by atoms with E-state index in [1.165, 1.54) is 58.2 Å². The summed E-state index contributed by atoms with van der Waals surface area (Å²) in [5, 5.41) is 3.60. The van der Waals surface area contributed by atoms with Crippen LogP contribution < -0.4 is 5.32 Å². The topological polar surface area (TPSA) is 15.3 Å². The van der Waals surface area contributed by atoms with Crippen LogP contribution in [0, 0.1) is 5.92 Å². The first-order valence-corrected chi connectivity index (χ1v) is 7.23. The molecule has 0 aromatic heterocycles. The van der Waals surface area contributed by atoms with Crippen molar-refractivity contribution in [1.82, 2.24) is 10.2 Å². The third-order valence-corrected chi connectivity index (χ3v) is 4.13. The zero-order valence-electron chi connectivity index (χ0n) is 11.0. The minimum atomic E-state index is 0.826. The third kappa shape index (κ3) is 4.06. The normalized spacial score (nSPS) is 31.9. The average Bonchev–Trinajstić information content (AvgIpc) is 3.06. The molecule has 1 saturated heterocycles. The quantitative estimate of drug-likeness (QED) is 0.698. The van der Waals surface area contributed by atoms with Crippen molar-refractivity contribution in [3.8, 4) is 0 Å². The molecule has 2 rings (SSSR count). The van der Waals surface area contributed by atoms with Gasteiger partial charge in [-0.2, -0.15) is 0 Å². The Balaban J connectivity index is 1.53. The first-order chi connectivity index (χ1) is 7.75. The van der Waals surface area contributed by atoms with E-state index in [0.29, 0.717) is 0 Å². The van der Waals surface area contributed by atoms with E-state index in [2.05, 4.69) is 24.1 Å². The van der Waals surface area contributed by atoms with Gasteiger partial charge in [0.15, 0.2) is 0 Å². The summed E-state index contributed by atoms with van der Waals surface area (Å²) in [5.74, 6) is 0.917. The molecule has 1 N–H and O–H groups in total. The molecular weight excluding hydrogens is 196 g/mol. The van der Waals surface area contributed by atoms with Crippen molar-refractivity contribution in [3.05, 3.63) is 0 Å². The van der Waals surface area contributed by atoms with Crippen LogP contribution in [0.1, 0.15) is 52.4 Å². The number of unbranched alkanes of at least 4 members (excludes halogenated alkanes) is 1. The van der Waals surface area contributed by atoms with Gasteiger partial charge in [0.1, 0.15) is 0 Å². The molecule has 0 spiro atoms. The van der Waals surface area contributed by atoms with Crippen LogP contribution in [0.3, 0.4) is 0 Å². The fraction of sp³-hybridized carbons (Fsp3) is 1.00. The number of rotatable bonds is 6. The number of nitrogens with one attached hydrogen (secondary N) is 1. The number of nitrogens with zero attached hydrogens (tertiary/aromatic N) is 1. The molecule has 2 nitrogen and oxygen atoms in total. The molecule has 0 aromatic carbocycles. The molecule has 2 atom stereocenters. The average molecular weight is 224 g/mol. The molecule has 1 aliphatic heterocycles. The maximum atomic E-state index is 3.60. The predicted octanol–water partition coefficient (Wildman–Crippen LogP) is 2.64. The van der Waals surface area contributed by atoms with Crippen molar-refractivity contribution >= 4 is 0 Å². The van der Waals surface area contributed by atoms with Gasteiger partial charge in [-0.3, -0.25) is 0 Å². The summed E-state index contributed by atoms with van der Waals surface area (Å²) in [6.07, 6.45) is 8.40. The molecule has 0 amide bonds. The molecule has 0 bridgehead atoms. The zero-order valence-corrected chi connectivity index (χ0v) is 11.0. The summed E-state index contributed by atoms with van der Waals surface area (Å²) < 4.78 is 0. The van der Waals surface area contributed by atoms with E-state index in [4.69, 9.17) is 0 Å².